The van der Waals surface area contributed by atoms with Gasteiger partial charge in [0.15, 0.2) is 5.16 Å². The monoisotopic (exact) mass is 316 g/mol. The Hall–Kier alpha value is -2.08. The van der Waals surface area contributed by atoms with Gasteiger partial charge in [-0.05, 0) is 25.3 Å². The van der Waals surface area contributed by atoms with Crippen molar-refractivity contribution >= 4 is 23.5 Å². The number of carbonyl (C=O) groups is 1. The quantitative estimate of drug-likeness (QED) is 0.465. The molecule has 3 N–H and O–H groups in total. The van der Waals surface area contributed by atoms with Crippen LogP contribution in [0.4, 0.5) is 5.82 Å². The minimum absolute atomic E-state index is 0.0123. The van der Waals surface area contributed by atoms with Gasteiger partial charge in [-0.3, -0.25) is 4.79 Å². The number of benzene rings is 1. The van der Waals surface area contributed by atoms with Gasteiger partial charge in [-0.25, -0.2) is 9.97 Å². The number of anilines is 1. The van der Waals surface area contributed by atoms with Crippen molar-refractivity contribution in [1.29, 1.82) is 0 Å². The minimum atomic E-state index is -0.0123. The highest BCUT2D eigenvalue weighted by Crippen LogP contribution is 2.14. The van der Waals surface area contributed by atoms with E-state index < -0.39 is 0 Å². The number of rotatable bonds is 7. The van der Waals surface area contributed by atoms with Crippen LogP contribution < -0.4 is 11.1 Å². The lowest BCUT2D eigenvalue weighted by Gasteiger charge is -2.05. The molecule has 0 fully saturated rings. The molecule has 0 saturated heterocycles. The van der Waals surface area contributed by atoms with E-state index in [-0.39, 0.29) is 5.91 Å². The molecule has 1 heterocycles. The van der Waals surface area contributed by atoms with Crippen LogP contribution in [0.15, 0.2) is 41.6 Å². The first-order valence-electron chi connectivity index (χ1n) is 7.18. The molecule has 0 bridgehead atoms. The number of aromatic nitrogens is 2. The van der Waals surface area contributed by atoms with Crippen LogP contribution in [0.25, 0.3) is 0 Å². The Balaban J connectivity index is 1.65. The Bertz CT molecular complexity index is 599. The first-order valence-corrected chi connectivity index (χ1v) is 8.16. The number of hydrogen-bond acceptors (Lipinski definition) is 5. The summed E-state index contributed by atoms with van der Waals surface area (Å²) in [6.45, 7) is 2.52. The Morgan fingerprint density at radius 2 is 2.05 bits per heavy atom. The van der Waals surface area contributed by atoms with Crippen LogP contribution in [0.5, 0.6) is 0 Å². The lowest BCUT2D eigenvalue weighted by molar-refractivity contribution is -0.118. The average Bonchev–Trinajstić information content (AvgIpc) is 2.50. The second-order valence-corrected chi connectivity index (χ2v) is 5.89. The molecular formula is C16H20N4OS. The largest absolute Gasteiger partial charge is 0.384 e. The molecule has 0 aliphatic heterocycles. The second kappa shape index (κ2) is 8.38. The summed E-state index contributed by atoms with van der Waals surface area (Å²) >= 11 is 1.30. The molecule has 116 valence electrons. The van der Waals surface area contributed by atoms with E-state index in [9.17, 15) is 4.79 Å². The lowest BCUT2D eigenvalue weighted by Crippen LogP contribution is -2.26. The molecular weight excluding hydrogens is 296 g/mol. The zero-order valence-electron chi connectivity index (χ0n) is 12.6. The third-order valence-corrected chi connectivity index (χ3v) is 3.84. The van der Waals surface area contributed by atoms with E-state index >= 15 is 0 Å². The molecule has 1 amide bonds. The molecule has 5 nitrogen and oxygen atoms in total. The minimum Gasteiger partial charge on any atom is -0.384 e. The summed E-state index contributed by atoms with van der Waals surface area (Å²) in [6.07, 6.45) is 1.89. The van der Waals surface area contributed by atoms with E-state index in [0.29, 0.717) is 23.3 Å². The summed E-state index contributed by atoms with van der Waals surface area (Å²) in [4.78, 5) is 20.1. The molecule has 0 unspecified atom stereocenters. The van der Waals surface area contributed by atoms with Gasteiger partial charge in [0.25, 0.3) is 0 Å². The van der Waals surface area contributed by atoms with Crippen molar-refractivity contribution in [2.24, 2.45) is 0 Å². The summed E-state index contributed by atoms with van der Waals surface area (Å²) in [6, 6.07) is 11.9. The van der Waals surface area contributed by atoms with Crippen molar-refractivity contribution in [3.63, 3.8) is 0 Å². The van der Waals surface area contributed by atoms with Gasteiger partial charge < -0.3 is 11.1 Å². The fourth-order valence-electron chi connectivity index (χ4n) is 1.98. The smallest absolute Gasteiger partial charge is 0.230 e. The van der Waals surface area contributed by atoms with E-state index in [1.165, 1.54) is 17.3 Å². The van der Waals surface area contributed by atoms with Gasteiger partial charge in [-0.2, -0.15) is 0 Å². The zero-order chi connectivity index (χ0) is 15.8. The number of nitrogens with zero attached hydrogens (tertiary/aromatic N) is 2. The SMILES string of the molecule is Cc1cc(N)nc(SCC(=O)NCCCc2ccccc2)n1. The summed E-state index contributed by atoms with van der Waals surface area (Å²) in [7, 11) is 0. The van der Waals surface area contributed by atoms with Gasteiger partial charge in [-0.1, -0.05) is 42.1 Å². The molecule has 1 aromatic heterocycles. The van der Waals surface area contributed by atoms with Crippen LogP contribution in [-0.4, -0.2) is 28.2 Å². The van der Waals surface area contributed by atoms with Crippen LogP contribution in [0.2, 0.25) is 0 Å². The number of thioether (sulfide) groups is 1. The van der Waals surface area contributed by atoms with Crippen molar-refractivity contribution in [2.45, 2.75) is 24.9 Å². The molecule has 22 heavy (non-hydrogen) atoms. The van der Waals surface area contributed by atoms with Gasteiger partial charge in [0.2, 0.25) is 5.91 Å². The van der Waals surface area contributed by atoms with Crippen molar-refractivity contribution in [3.05, 3.63) is 47.7 Å². The van der Waals surface area contributed by atoms with E-state index in [4.69, 9.17) is 5.73 Å². The Morgan fingerprint density at radius 1 is 1.27 bits per heavy atom. The molecule has 0 saturated carbocycles. The normalized spacial score (nSPS) is 10.4. The first kappa shape index (κ1) is 16.3. The lowest BCUT2D eigenvalue weighted by atomic mass is 10.1. The fourth-order valence-corrected chi connectivity index (χ4v) is 2.72. The third kappa shape index (κ3) is 5.73. The number of nitrogens with two attached hydrogens (primary N) is 1. The van der Waals surface area contributed by atoms with E-state index in [1.807, 2.05) is 25.1 Å². The third-order valence-electron chi connectivity index (χ3n) is 2.99. The van der Waals surface area contributed by atoms with Gasteiger partial charge in [-0.15, -0.1) is 0 Å². The maximum atomic E-state index is 11.8. The summed E-state index contributed by atoms with van der Waals surface area (Å²) in [5.74, 6) is 0.717. The van der Waals surface area contributed by atoms with Gasteiger partial charge in [0.1, 0.15) is 5.82 Å². The fraction of sp³-hybridized carbons (Fsp3) is 0.312. The van der Waals surface area contributed by atoms with Gasteiger partial charge in [0, 0.05) is 18.3 Å². The number of nitrogens with one attached hydrogen (secondary N) is 1. The number of hydrogen-bond donors (Lipinski definition) is 2. The topological polar surface area (TPSA) is 80.9 Å². The number of carbonyl (C=O) groups excluding carboxylic acids is 1. The molecule has 0 radical (unpaired) electrons. The molecule has 2 rings (SSSR count). The average molecular weight is 316 g/mol. The number of amides is 1. The predicted molar refractivity (Wildman–Crippen MR) is 89.7 cm³/mol. The van der Waals surface area contributed by atoms with Crippen molar-refractivity contribution < 1.29 is 4.79 Å². The van der Waals surface area contributed by atoms with Crippen LogP contribution in [0, 0.1) is 6.92 Å². The number of nitrogen functional groups attached to an aromatic ring is 1. The van der Waals surface area contributed by atoms with Crippen molar-refractivity contribution in [3.8, 4) is 0 Å². The molecule has 1 aromatic carbocycles. The van der Waals surface area contributed by atoms with Crippen molar-refractivity contribution in [1.82, 2.24) is 15.3 Å². The van der Waals surface area contributed by atoms with E-state index in [0.717, 1.165) is 18.5 Å². The predicted octanol–water partition coefficient (Wildman–Crippen LogP) is 2.21. The molecule has 6 heteroatoms. The molecule has 0 atom stereocenters. The summed E-state index contributed by atoms with van der Waals surface area (Å²) < 4.78 is 0. The van der Waals surface area contributed by atoms with E-state index in [2.05, 4.69) is 27.4 Å². The van der Waals surface area contributed by atoms with Crippen LogP contribution in [0.3, 0.4) is 0 Å². The van der Waals surface area contributed by atoms with Crippen LogP contribution >= 0.6 is 11.8 Å². The maximum Gasteiger partial charge on any atom is 0.230 e. The standard InChI is InChI=1S/C16H20N4OS/c1-12-10-14(17)20-16(19-12)22-11-15(21)18-9-5-8-13-6-3-2-4-7-13/h2-4,6-7,10H,5,8-9,11H2,1H3,(H,18,21)(H2,17,19,20). The highest BCUT2D eigenvalue weighted by Gasteiger charge is 2.06. The maximum absolute atomic E-state index is 11.8. The Labute approximate surface area is 134 Å². The van der Waals surface area contributed by atoms with Gasteiger partial charge in [0.05, 0.1) is 5.75 Å². The number of aryl methyl sites for hydroxylation is 2. The van der Waals surface area contributed by atoms with Crippen LogP contribution in [0.1, 0.15) is 17.7 Å². The Kier molecular flexibility index (Phi) is 6.21. The highest BCUT2D eigenvalue weighted by atomic mass is 32.2. The molecule has 2 aromatic rings. The summed E-state index contributed by atoms with van der Waals surface area (Å²) in [5.41, 5.74) is 7.75. The van der Waals surface area contributed by atoms with Gasteiger partial charge >= 0.3 is 0 Å². The molecule has 0 spiro atoms. The van der Waals surface area contributed by atoms with E-state index in [1.54, 1.807) is 6.07 Å². The molecule has 0 aliphatic rings. The second-order valence-electron chi connectivity index (χ2n) is 4.94. The molecule has 0 aliphatic carbocycles. The van der Waals surface area contributed by atoms with Crippen LogP contribution in [-0.2, 0) is 11.2 Å². The zero-order valence-corrected chi connectivity index (χ0v) is 13.4. The first-order chi connectivity index (χ1) is 10.6. The van der Waals surface area contributed by atoms with Crippen molar-refractivity contribution in [2.75, 3.05) is 18.0 Å². The highest BCUT2D eigenvalue weighted by molar-refractivity contribution is 7.99. The summed E-state index contributed by atoms with van der Waals surface area (Å²) in [5, 5.41) is 3.44. The Morgan fingerprint density at radius 3 is 2.77 bits per heavy atom.